The van der Waals surface area contributed by atoms with Crippen molar-refractivity contribution < 1.29 is 8.83 Å². The topological polar surface area (TPSA) is 29.5 Å². The van der Waals surface area contributed by atoms with Gasteiger partial charge in [0.1, 0.15) is 22.3 Å². The van der Waals surface area contributed by atoms with Crippen molar-refractivity contribution in [1.82, 2.24) is 0 Å². The molecule has 0 amide bonds. The molecule has 2 aromatic heterocycles. The number of hydrogen-bond donors (Lipinski definition) is 0. The SMILES string of the molecule is CC1(C)c2ccccc2-c2ccc(N(c3ccc(-c4ccc5oc6ccc7ccccc7c6c5c4)cc3)c3ccc4c(c3)oc3ccccc34)cc21. The van der Waals surface area contributed by atoms with Gasteiger partial charge >= 0.3 is 0 Å². The summed E-state index contributed by atoms with van der Waals surface area (Å²) < 4.78 is 12.7. The lowest BCUT2D eigenvalue weighted by Crippen LogP contribution is -2.16. The van der Waals surface area contributed by atoms with Crippen LogP contribution in [0, 0.1) is 0 Å². The predicted octanol–water partition coefficient (Wildman–Crippen LogP) is 14.1. The highest BCUT2D eigenvalue weighted by molar-refractivity contribution is 6.19. The van der Waals surface area contributed by atoms with Crippen molar-refractivity contribution in [2.24, 2.45) is 0 Å². The average Bonchev–Trinajstić information content (AvgIpc) is 3.82. The van der Waals surface area contributed by atoms with E-state index in [1.54, 1.807) is 0 Å². The summed E-state index contributed by atoms with van der Waals surface area (Å²) in [6, 6.07) is 58.8. The van der Waals surface area contributed by atoms with Crippen molar-refractivity contribution in [3.05, 3.63) is 175 Å². The van der Waals surface area contributed by atoms with Crippen LogP contribution in [0.15, 0.2) is 173 Å². The van der Waals surface area contributed by atoms with Gasteiger partial charge in [-0.25, -0.2) is 0 Å². The maximum Gasteiger partial charge on any atom is 0.137 e. The molecule has 0 spiro atoms. The lowest BCUT2D eigenvalue weighted by Gasteiger charge is -2.28. The highest BCUT2D eigenvalue weighted by Crippen LogP contribution is 2.51. The van der Waals surface area contributed by atoms with E-state index in [1.807, 2.05) is 12.1 Å². The van der Waals surface area contributed by atoms with E-state index in [4.69, 9.17) is 8.83 Å². The van der Waals surface area contributed by atoms with E-state index < -0.39 is 0 Å². The van der Waals surface area contributed by atoms with Gasteiger partial charge < -0.3 is 13.7 Å². The van der Waals surface area contributed by atoms with Crippen LogP contribution in [0.5, 0.6) is 0 Å². The third kappa shape index (κ3) is 4.20. The van der Waals surface area contributed by atoms with Gasteiger partial charge in [-0.1, -0.05) is 111 Å². The lowest BCUT2D eigenvalue weighted by atomic mass is 9.82. The number of nitrogens with zero attached hydrogens (tertiary/aromatic N) is 1. The zero-order valence-corrected chi connectivity index (χ0v) is 28.9. The normalized spacial score (nSPS) is 13.3. The summed E-state index contributed by atoms with van der Waals surface area (Å²) in [6.07, 6.45) is 0. The number of rotatable bonds is 4. The Hall–Kier alpha value is -6.58. The van der Waals surface area contributed by atoms with Crippen LogP contribution in [0.1, 0.15) is 25.0 Å². The Bertz CT molecular complexity index is 3050. The number of benzene rings is 8. The molecule has 52 heavy (non-hydrogen) atoms. The van der Waals surface area contributed by atoms with Crippen molar-refractivity contribution >= 4 is 71.7 Å². The van der Waals surface area contributed by atoms with Gasteiger partial charge in [0, 0.05) is 50.1 Å². The molecule has 2 heterocycles. The van der Waals surface area contributed by atoms with Crippen molar-refractivity contribution in [3.63, 3.8) is 0 Å². The van der Waals surface area contributed by atoms with Crippen LogP contribution in [-0.4, -0.2) is 0 Å². The highest BCUT2D eigenvalue weighted by Gasteiger charge is 2.35. The maximum absolute atomic E-state index is 6.39. The van der Waals surface area contributed by atoms with Gasteiger partial charge in [0.25, 0.3) is 0 Å². The largest absolute Gasteiger partial charge is 0.456 e. The first-order valence-electron chi connectivity index (χ1n) is 17.9. The van der Waals surface area contributed by atoms with E-state index in [0.29, 0.717) is 0 Å². The monoisotopic (exact) mass is 667 g/mol. The second-order valence-corrected chi connectivity index (χ2v) is 14.5. The molecule has 0 fully saturated rings. The van der Waals surface area contributed by atoms with Gasteiger partial charge in [-0.3, -0.25) is 0 Å². The third-order valence-corrected chi connectivity index (χ3v) is 11.3. The molecule has 0 saturated heterocycles. The van der Waals surface area contributed by atoms with Crippen LogP contribution >= 0.6 is 0 Å². The van der Waals surface area contributed by atoms with E-state index in [-0.39, 0.29) is 5.41 Å². The minimum atomic E-state index is -0.110. The summed E-state index contributed by atoms with van der Waals surface area (Å²) in [6.45, 7) is 4.67. The second-order valence-electron chi connectivity index (χ2n) is 14.5. The smallest absolute Gasteiger partial charge is 0.137 e. The van der Waals surface area contributed by atoms with Crippen LogP contribution in [0.2, 0.25) is 0 Å². The summed E-state index contributed by atoms with van der Waals surface area (Å²) in [7, 11) is 0. The molecule has 0 aliphatic heterocycles. The fourth-order valence-electron chi connectivity index (χ4n) is 8.66. The molecule has 0 N–H and O–H groups in total. The van der Waals surface area contributed by atoms with Gasteiger partial charge in [-0.05, 0) is 105 Å². The van der Waals surface area contributed by atoms with Crippen molar-refractivity contribution in [2.45, 2.75) is 19.3 Å². The molecule has 11 rings (SSSR count). The molecular formula is C49H33NO2. The number of furan rings is 2. The Labute approximate surface area is 301 Å². The first-order chi connectivity index (χ1) is 25.5. The highest BCUT2D eigenvalue weighted by atomic mass is 16.3. The van der Waals surface area contributed by atoms with Gasteiger partial charge in [0.05, 0.1) is 0 Å². The summed E-state index contributed by atoms with van der Waals surface area (Å²) >= 11 is 0. The summed E-state index contributed by atoms with van der Waals surface area (Å²) in [5, 5.41) is 6.98. The summed E-state index contributed by atoms with van der Waals surface area (Å²) in [4.78, 5) is 2.36. The Balaban J connectivity index is 1.05. The maximum atomic E-state index is 6.39. The van der Waals surface area contributed by atoms with Crippen LogP contribution in [0.25, 0.3) is 76.9 Å². The average molecular weight is 668 g/mol. The van der Waals surface area contributed by atoms with Crippen molar-refractivity contribution in [1.29, 1.82) is 0 Å². The molecule has 1 aliphatic rings. The lowest BCUT2D eigenvalue weighted by molar-refractivity contribution is 0.660. The zero-order valence-electron chi connectivity index (χ0n) is 28.9. The Morgan fingerprint density at radius 2 is 1.04 bits per heavy atom. The number of fused-ring (bicyclic) bond motifs is 11. The van der Waals surface area contributed by atoms with Crippen LogP contribution in [-0.2, 0) is 5.41 Å². The fourth-order valence-corrected chi connectivity index (χ4v) is 8.66. The van der Waals surface area contributed by atoms with Crippen molar-refractivity contribution in [2.75, 3.05) is 4.90 Å². The predicted molar refractivity (Wildman–Crippen MR) is 216 cm³/mol. The summed E-state index contributed by atoms with van der Waals surface area (Å²) in [5.41, 5.74) is 14.4. The standard InChI is InChI=1S/C49H33NO2/c1-49(2)42-13-7-5-11-37(42)38-23-21-34(28-43(38)49)50(35-22-24-40-39-12-6-8-14-44(39)52-47(40)29-35)33-19-15-30(16-20-33)32-18-25-45-41(27-32)48-36-10-4-3-9-31(36)17-26-46(48)51-45/h3-29H,1-2H3. The molecule has 3 heteroatoms. The molecule has 0 radical (unpaired) electrons. The zero-order chi connectivity index (χ0) is 34.6. The molecule has 0 saturated carbocycles. The first-order valence-corrected chi connectivity index (χ1v) is 17.9. The quantitative estimate of drug-likeness (QED) is 0.187. The second kappa shape index (κ2) is 10.7. The molecule has 10 aromatic rings. The number of hydrogen-bond acceptors (Lipinski definition) is 3. The van der Waals surface area contributed by atoms with Crippen LogP contribution in [0.4, 0.5) is 17.1 Å². The van der Waals surface area contributed by atoms with Gasteiger partial charge in [0.2, 0.25) is 0 Å². The van der Waals surface area contributed by atoms with Crippen molar-refractivity contribution in [3.8, 4) is 22.3 Å². The molecule has 3 nitrogen and oxygen atoms in total. The molecule has 0 bridgehead atoms. The number of anilines is 3. The molecule has 0 unspecified atom stereocenters. The Morgan fingerprint density at radius 1 is 0.404 bits per heavy atom. The molecule has 8 aromatic carbocycles. The van der Waals surface area contributed by atoms with E-state index in [9.17, 15) is 0 Å². The van der Waals surface area contributed by atoms with E-state index in [2.05, 4.69) is 170 Å². The van der Waals surface area contributed by atoms with Crippen LogP contribution in [0.3, 0.4) is 0 Å². The minimum Gasteiger partial charge on any atom is -0.456 e. The molecular weight excluding hydrogens is 635 g/mol. The van der Waals surface area contributed by atoms with E-state index >= 15 is 0 Å². The van der Waals surface area contributed by atoms with E-state index in [0.717, 1.165) is 66.7 Å². The fraction of sp³-hybridized carbons (Fsp3) is 0.0612. The molecule has 1 aliphatic carbocycles. The minimum absolute atomic E-state index is 0.110. The number of para-hydroxylation sites is 1. The van der Waals surface area contributed by atoms with Gasteiger partial charge in [-0.2, -0.15) is 0 Å². The third-order valence-electron chi connectivity index (χ3n) is 11.3. The Kier molecular flexibility index (Phi) is 6.01. The van der Waals surface area contributed by atoms with Gasteiger partial charge in [0.15, 0.2) is 0 Å². The Morgan fingerprint density at radius 3 is 1.94 bits per heavy atom. The van der Waals surface area contributed by atoms with Gasteiger partial charge in [-0.15, -0.1) is 0 Å². The molecule has 246 valence electrons. The van der Waals surface area contributed by atoms with E-state index in [1.165, 1.54) is 38.4 Å². The van der Waals surface area contributed by atoms with Crippen LogP contribution < -0.4 is 4.90 Å². The first kappa shape index (κ1) is 29.2. The summed E-state index contributed by atoms with van der Waals surface area (Å²) in [5.74, 6) is 0. The molecule has 0 atom stereocenters.